The summed E-state index contributed by atoms with van der Waals surface area (Å²) in [5, 5.41) is 1.68. The Morgan fingerprint density at radius 1 is 1.35 bits per heavy atom. The quantitative estimate of drug-likeness (QED) is 0.803. The van der Waals surface area contributed by atoms with Crippen molar-refractivity contribution in [2.45, 2.75) is 36.6 Å². The number of carbonyl (C=O) groups is 1. The van der Waals surface area contributed by atoms with Crippen molar-refractivity contribution in [3.05, 3.63) is 0 Å². The maximum atomic E-state index is 12.6. The highest BCUT2D eigenvalue weighted by Crippen LogP contribution is 2.38. The first kappa shape index (κ1) is 14.5. The standard InChI is InChI=1S/C9H12F5NOS/c1-7(3-2-4-17-7)5-15-6(16)8(10,11)9(12,13)14/h2-5H2,1H3,(H,15,16). The molecule has 1 rings (SSSR count). The number of rotatable bonds is 3. The Morgan fingerprint density at radius 2 is 1.94 bits per heavy atom. The minimum absolute atomic E-state index is 0.178. The molecule has 0 radical (unpaired) electrons. The molecule has 0 saturated carbocycles. The zero-order chi connectivity index (χ0) is 13.3. The van der Waals surface area contributed by atoms with Gasteiger partial charge in [0.1, 0.15) is 0 Å². The molecule has 17 heavy (non-hydrogen) atoms. The van der Waals surface area contributed by atoms with Crippen molar-refractivity contribution in [1.29, 1.82) is 0 Å². The summed E-state index contributed by atoms with van der Waals surface area (Å²) < 4.78 is 60.3. The minimum atomic E-state index is -5.85. The van der Waals surface area contributed by atoms with Crippen LogP contribution in [0.4, 0.5) is 22.0 Å². The summed E-state index contributed by atoms with van der Waals surface area (Å²) in [7, 11) is 0. The van der Waals surface area contributed by atoms with Gasteiger partial charge in [-0.05, 0) is 25.5 Å². The van der Waals surface area contributed by atoms with Gasteiger partial charge in [0.25, 0.3) is 5.91 Å². The van der Waals surface area contributed by atoms with Crippen LogP contribution in [0.15, 0.2) is 0 Å². The number of carbonyl (C=O) groups excluding carboxylic acids is 1. The van der Waals surface area contributed by atoms with Crippen molar-refractivity contribution in [1.82, 2.24) is 5.32 Å². The average Bonchev–Trinajstić information content (AvgIpc) is 2.60. The molecule has 0 aromatic carbocycles. The second kappa shape index (κ2) is 4.62. The highest BCUT2D eigenvalue weighted by Gasteiger charge is 2.63. The summed E-state index contributed by atoms with van der Waals surface area (Å²) >= 11 is 1.46. The summed E-state index contributed by atoms with van der Waals surface area (Å²) in [6.45, 7) is 1.55. The number of halogens is 5. The van der Waals surface area contributed by atoms with Crippen molar-refractivity contribution in [3.8, 4) is 0 Å². The first-order valence-corrected chi connectivity index (χ1v) is 5.94. The molecule has 1 fully saturated rings. The van der Waals surface area contributed by atoms with E-state index < -0.39 is 22.8 Å². The van der Waals surface area contributed by atoms with Crippen molar-refractivity contribution >= 4 is 17.7 Å². The molecule has 1 saturated heterocycles. The molecule has 0 bridgehead atoms. The fourth-order valence-electron chi connectivity index (χ4n) is 1.48. The van der Waals surface area contributed by atoms with E-state index in [0.717, 1.165) is 12.2 Å². The SMILES string of the molecule is CC1(CNC(=O)C(F)(F)C(F)(F)F)CCCS1. The summed E-state index contributed by atoms with van der Waals surface area (Å²) in [6.07, 6.45) is -4.29. The zero-order valence-electron chi connectivity index (χ0n) is 9.03. The van der Waals surface area contributed by atoms with Crippen LogP contribution >= 0.6 is 11.8 Å². The van der Waals surface area contributed by atoms with E-state index in [1.807, 2.05) is 0 Å². The van der Waals surface area contributed by atoms with Crippen LogP contribution in [0.1, 0.15) is 19.8 Å². The number of hydrogen-bond donors (Lipinski definition) is 1. The van der Waals surface area contributed by atoms with Gasteiger partial charge in [-0.3, -0.25) is 4.79 Å². The van der Waals surface area contributed by atoms with Crippen LogP contribution in [0.25, 0.3) is 0 Å². The van der Waals surface area contributed by atoms with Gasteiger partial charge in [0.2, 0.25) is 0 Å². The highest BCUT2D eigenvalue weighted by atomic mass is 32.2. The molecule has 1 aliphatic rings. The van der Waals surface area contributed by atoms with Gasteiger partial charge in [-0.2, -0.15) is 33.7 Å². The lowest BCUT2D eigenvalue weighted by molar-refractivity contribution is -0.269. The van der Waals surface area contributed by atoms with E-state index in [4.69, 9.17) is 0 Å². The van der Waals surface area contributed by atoms with E-state index in [1.165, 1.54) is 11.8 Å². The number of thioether (sulfide) groups is 1. The fraction of sp³-hybridized carbons (Fsp3) is 0.889. The van der Waals surface area contributed by atoms with E-state index >= 15 is 0 Å². The van der Waals surface area contributed by atoms with Crippen molar-refractivity contribution in [2.24, 2.45) is 0 Å². The average molecular weight is 277 g/mol. The molecule has 1 heterocycles. The number of alkyl halides is 5. The summed E-state index contributed by atoms with van der Waals surface area (Å²) in [5.41, 5.74) is 0. The molecule has 8 heteroatoms. The van der Waals surface area contributed by atoms with Gasteiger partial charge in [0.15, 0.2) is 0 Å². The molecule has 1 atom stereocenters. The third-order valence-corrected chi connectivity index (χ3v) is 4.10. The fourth-order valence-corrected chi connectivity index (χ4v) is 2.73. The van der Waals surface area contributed by atoms with Crippen LogP contribution in [0.5, 0.6) is 0 Å². The Morgan fingerprint density at radius 3 is 2.35 bits per heavy atom. The van der Waals surface area contributed by atoms with E-state index in [9.17, 15) is 26.7 Å². The molecule has 2 nitrogen and oxygen atoms in total. The van der Waals surface area contributed by atoms with Crippen LogP contribution < -0.4 is 5.32 Å². The number of amides is 1. The Bertz CT molecular complexity index is 298. The van der Waals surface area contributed by atoms with Gasteiger partial charge in [-0.25, -0.2) is 0 Å². The lowest BCUT2D eigenvalue weighted by atomic mass is 10.1. The maximum Gasteiger partial charge on any atom is 0.463 e. The van der Waals surface area contributed by atoms with Gasteiger partial charge in [0.05, 0.1) is 0 Å². The second-order valence-corrected chi connectivity index (χ2v) is 5.84. The van der Waals surface area contributed by atoms with Crippen LogP contribution in [0.3, 0.4) is 0 Å². The molecule has 0 aliphatic carbocycles. The molecule has 1 unspecified atom stereocenters. The normalized spacial score (nSPS) is 26.0. The molecule has 100 valence electrons. The summed E-state index contributed by atoms with van der Waals surface area (Å²) in [5.74, 6) is -6.78. The van der Waals surface area contributed by atoms with Crippen LogP contribution in [0.2, 0.25) is 0 Å². The van der Waals surface area contributed by atoms with Gasteiger partial charge >= 0.3 is 12.1 Å². The molecular weight excluding hydrogens is 265 g/mol. The van der Waals surface area contributed by atoms with Gasteiger partial charge < -0.3 is 5.32 Å². The Labute approximate surface area is 99.3 Å². The lowest BCUT2D eigenvalue weighted by Crippen LogP contribution is -2.52. The van der Waals surface area contributed by atoms with E-state index in [-0.39, 0.29) is 6.54 Å². The maximum absolute atomic E-state index is 12.6. The molecule has 1 aliphatic heterocycles. The lowest BCUT2D eigenvalue weighted by Gasteiger charge is -2.25. The van der Waals surface area contributed by atoms with E-state index in [1.54, 1.807) is 12.2 Å². The van der Waals surface area contributed by atoms with Crippen molar-refractivity contribution in [3.63, 3.8) is 0 Å². The molecule has 1 N–H and O–H groups in total. The highest BCUT2D eigenvalue weighted by molar-refractivity contribution is 8.00. The first-order chi connectivity index (χ1) is 7.58. The molecule has 1 amide bonds. The third kappa shape index (κ3) is 3.23. The van der Waals surface area contributed by atoms with Gasteiger partial charge in [-0.1, -0.05) is 0 Å². The monoisotopic (exact) mass is 277 g/mol. The summed E-state index contributed by atoms with van der Waals surface area (Å²) in [6, 6.07) is 0. The molecule has 0 spiro atoms. The predicted molar refractivity (Wildman–Crippen MR) is 54.1 cm³/mol. The Balaban J connectivity index is 2.55. The topological polar surface area (TPSA) is 29.1 Å². The largest absolute Gasteiger partial charge is 0.463 e. The second-order valence-electron chi connectivity index (χ2n) is 4.16. The zero-order valence-corrected chi connectivity index (χ0v) is 9.85. The first-order valence-electron chi connectivity index (χ1n) is 4.95. The van der Waals surface area contributed by atoms with E-state index in [2.05, 4.69) is 0 Å². The Kier molecular flexibility index (Phi) is 3.95. The van der Waals surface area contributed by atoms with E-state index in [0.29, 0.717) is 6.42 Å². The third-order valence-electron chi connectivity index (χ3n) is 2.56. The number of hydrogen-bond acceptors (Lipinski definition) is 2. The molecular formula is C9H12F5NOS. The Hall–Kier alpha value is -0.530. The molecule has 0 aromatic rings. The van der Waals surface area contributed by atoms with Gasteiger partial charge in [-0.15, -0.1) is 0 Å². The molecule has 0 aromatic heterocycles. The van der Waals surface area contributed by atoms with Crippen LogP contribution in [0, 0.1) is 0 Å². The summed E-state index contributed by atoms with van der Waals surface area (Å²) in [4.78, 5) is 10.8. The van der Waals surface area contributed by atoms with Crippen molar-refractivity contribution in [2.75, 3.05) is 12.3 Å². The van der Waals surface area contributed by atoms with Crippen molar-refractivity contribution < 1.29 is 26.7 Å². The van der Waals surface area contributed by atoms with Crippen LogP contribution in [-0.4, -0.2) is 35.1 Å². The smallest absolute Gasteiger partial charge is 0.349 e. The van der Waals surface area contributed by atoms with Gasteiger partial charge in [0, 0.05) is 11.3 Å². The number of nitrogens with one attached hydrogen (secondary N) is 1. The minimum Gasteiger partial charge on any atom is -0.349 e. The predicted octanol–water partition coefficient (Wildman–Crippen LogP) is 2.59. The van der Waals surface area contributed by atoms with Crippen LogP contribution in [-0.2, 0) is 4.79 Å².